The molecule has 0 saturated carbocycles. The summed E-state index contributed by atoms with van der Waals surface area (Å²) in [5, 5.41) is 0. The van der Waals surface area contributed by atoms with Crippen molar-refractivity contribution < 1.29 is 9.53 Å². The summed E-state index contributed by atoms with van der Waals surface area (Å²) in [5.41, 5.74) is 6.37. The summed E-state index contributed by atoms with van der Waals surface area (Å²) in [6.45, 7) is 8.04. The van der Waals surface area contributed by atoms with E-state index in [0.29, 0.717) is 11.3 Å². The molecule has 1 saturated heterocycles. The largest absolute Gasteiger partial charge is 0.399 e. The molecule has 18 heavy (non-hydrogen) atoms. The zero-order chi connectivity index (χ0) is 13.6. The van der Waals surface area contributed by atoms with Gasteiger partial charge in [0, 0.05) is 11.3 Å². The van der Waals surface area contributed by atoms with Gasteiger partial charge in [0.2, 0.25) is 0 Å². The molecule has 1 aliphatic heterocycles. The van der Waals surface area contributed by atoms with E-state index in [1.165, 1.54) is 0 Å². The molecule has 2 rings (SSSR count). The predicted molar refractivity (Wildman–Crippen MR) is 72.5 cm³/mol. The van der Waals surface area contributed by atoms with E-state index in [-0.39, 0.29) is 17.3 Å². The van der Waals surface area contributed by atoms with Gasteiger partial charge in [-0.2, -0.15) is 0 Å². The van der Waals surface area contributed by atoms with Crippen molar-refractivity contribution >= 4 is 11.5 Å². The highest BCUT2D eigenvalue weighted by Crippen LogP contribution is 2.43. The molecule has 1 aromatic rings. The lowest BCUT2D eigenvalue weighted by atomic mass is 9.82. The summed E-state index contributed by atoms with van der Waals surface area (Å²) < 4.78 is 5.97. The Kier molecular flexibility index (Phi) is 2.98. The lowest BCUT2D eigenvalue weighted by molar-refractivity contribution is -0.0712. The molecule has 0 spiro atoms. The number of anilines is 1. The van der Waals surface area contributed by atoms with Crippen LogP contribution in [0.2, 0.25) is 0 Å². The highest BCUT2D eigenvalue weighted by molar-refractivity contribution is 5.99. The fourth-order valence-electron chi connectivity index (χ4n) is 2.82. The van der Waals surface area contributed by atoms with E-state index in [1.54, 1.807) is 24.3 Å². The summed E-state index contributed by atoms with van der Waals surface area (Å²) in [6.07, 6.45) is 0.753. The number of benzene rings is 1. The van der Waals surface area contributed by atoms with Crippen LogP contribution in [0.5, 0.6) is 0 Å². The first kappa shape index (κ1) is 13.1. The van der Waals surface area contributed by atoms with Crippen molar-refractivity contribution in [3.8, 4) is 0 Å². The molecule has 1 unspecified atom stereocenters. The molecular weight excluding hydrogens is 226 g/mol. The van der Waals surface area contributed by atoms with Gasteiger partial charge >= 0.3 is 0 Å². The number of hydrogen-bond donors (Lipinski definition) is 1. The van der Waals surface area contributed by atoms with E-state index in [1.807, 2.05) is 27.7 Å². The van der Waals surface area contributed by atoms with Crippen LogP contribution in [-0.4, -0.2) is 17.0 Å². The fourth-order valence-corrected chi connectivity index (χ4v) is 2.82. The van der Waals surface area contributed by atoms with Gasteiger partial charge in [-0.15, -0.1) is 0 Å². The van der Waals surface area contributed by atoms with E-state index in [4.69, 9.17) is 10.5 Å². The zero-order valence-electron chi connectivity index (χ0n) is 11.5. The molecule has 1 heterocycles. The molecule has 1 fully saturated rings. The summed E-state index contributed by atoms with van der Waals surface area (Å²) in [4.78, 5) is 12.5. The standard InChI is InChI=1S/C15H21NO2/c1-14(2)9-12(15(3,4)18-14)13(17)10-5-7-11(16)8-6-10/h5-8,12H,9,16H2,1-4H3. The van der Waals surface area contributed by atoms with Gasteiger partial charge in [-0.3, -0.25) is 4.79 Å². The molecule has 3 nitrogen and oxygen atoms in total. The van der Waals surface area contributed by atoms with Crippen LogP contribution in [0.15, 0.2) is 24.3 Å². The van der Waals surface area contributed by atoms with Crippen molar-refractivity contribution in [2.24, 2.45) is 5.92 Å². The maximum absolute atomic E-state index is 12.5. The lowest BCUT2D eigenvalue weighted by Gasteiger charge is -2.26. The Balaban J connectivity index is 2.27. The molecule has 98 valence electrons. The van der Waals surface area contributed by atoms with Crippen LogP contribution in [0.25, 0.3) is 0 Å². The maximum atomic E-state index is 12.5. The summed E-state index contributed by atoms with van der Waals surface area (Å²) >= 11 is 0. The molecule has 0 aliphatic carbocycles. The van der Waals surface area contributed by atoms with Gasteiger partial charge in [0.15, 0.2) is 5.78 Å². The first-order valence-corrected chi connectivity index (χ1v) is 6.31. The van der Waals surface area contributed by atoms with Gasteiger partial charge < -0.3 is 10.5 Å². The molecule has 1 aliphatic rings. The predicted octanol–water partition coefficient (Wildman–Crippen LogP) is 3.05. The van der Waals surface area contributed by atoms with Crippen LogP contribution in [0.3, 0.4) is 0 Å². The number of Topliss-reactive ketones (excluding diaryl/α,β-unsaturated/α-hetero) is 1. The van der Waals surface area contributed by atoms with Gasteiger partial charge in [-0.05, 0) is 58.4 Å². The minimum atomic E-state index is -0.415. The first-order chi connectivity index (χ1) is 8.21. The van der Waals surface area contributed by atoms with Crippen molar-refractivity contribution in [2.75, 3.05) is 5.73 Å². The van der Waals surface area contributed by atoms with Crippen molar-refractivity contribution in [1.82, 2.24) is 0 Å². The second kappa shape index (κ2) is 4.09. The average Bonchev–Trinajstić information content (AvgIpc) is 2.47. The Morgan fingerprint density at radius 1 is 1.22 bits per heavy atom. The molecule has 1 atom stereocenters. The number of nitrogens with two attached hydrogens (primary N) is 1. The third kappa shape index (κ3) is 2.41. The third-order valence-electron chi connectivity index (χ3n) is 3.59. The second-order valence-electron chi connectivity index (χ2n) is 6.21. The van der Waals surface area contributed by atoms with Crippen molar-refractivity contribution in [3.05, 3.63) is 29.8 Å². The molecule has 1 aromatic carbocycles. The number of carbonyl (C=O) groups excluding carboxylic acids is 1. The van der Waals surface area contributed by atoms with E-state index < -0.39 is 5.60 Å². The highest BCUT2D eigenvalue weighted by Gasteiger charge is 2.49. The summed E-state index contributed by atoms with van der Waals surface area (Å²) in [5.74, 6) is 0.0432. The van der Waals surface area contributed by atoms with Crippen molar-refractivity contribution in [2.45, 2.75) is 45.3 Å². The van der Waals surface area contributed by atoms with Crippen molar-refractivity contribution in [3.63, 3.8) is 0 Å². The van der Waals surface area contributed by atoms with E-state index in [9.17, 15) is 4.79 Å². The van der Waals surface area contributed by atoms with Crippen LogP contribution in [0.1, 0.15) is 44.5 Å². The Labute approximate surface area is 108 Å². The number of carbonyl (C=O) groups is 1. The SMILES string of the molecule is CC1(C)CC(C(=O)c2ccc(N)cc2)C(C)(C)O1. The quantitative estimate of drug-likeness (QED) is 0.645. The summed E-state index contributed by atoms with van der Waals surface area (Å²) in [6, 6.07) is 7.11. The highest BCUT2D eigenvalue weighted by atomic mass is 16.5. The summed E-state index contributed by atoms with van der Waals surface area (Å²) in [7, 11) is 0. The van der Waals surface area contributed by atoms with Crippen LogP contribution in [0, 0.1) is 5.92 Å². The molecule has 0 aromatic heterocycles. The number of ketones is 1. The third-order valence-corrected chi connectivity index (χ3v) is 3.59. The van der Waals surface area contributed by atoms with Crippen LogP contribution in [-0.2, 0) is 4.74 Å². The van der Waals surface area contributed by atoms with Crippen molar-refractivity contribution in [1.29, 1.82) is 0 Å². The average molecular weight is 247 g/mol. The number of rotatable bonds is 2. The van der Waals surface area contributed by atoms with E-state index in [0.717, 1.165) is 6.42 Å². The Bertz CT molecular complexity index is 460. The zero-order valence-corrected chi connectivity index (χ0v) is 11.5. The normalized spacial score (nSPS) is 25.0. The number of hydrogen-bond acceptors (Lipinski definition) is 3. The Morgan fingerprint density at radius 2 is 1.78 bits per heavy atom. The molecule has 2 N–H and O–H groups in total. The number of ether oxygens (including phenoxy) is 1. The second-order valence-corrected chi connectivity index (χ2v) is 6.21. The minimum Gasteiger partial charge on any atom is -0.399 e. The lowest BCUT2D eigenvalue weighted by Crippen LogP contribution is -2.33. The molecule has 0 bridgehead atoms. The molecule has 0 radical (unpaired) electrons. The van der Waals surface area contributed by atoms with Crippen LogP contribution < -0.4 is 5.73 Å². The topological polar surface area (TPSA) is 52.3 Å². The smallest absolute Gasteiger partial charge is 0.168 e. The molecular formula is C15H21NO2. The molecule has 0 amide bonds. The van der Waals surface area contributed by atoms with Gasteiger partial charge in [0.05, 0.1) is 17.1 Å². The Morgan fingerprint density at radius 3 is 2.22 bits per heavy atom. The number of nitrogen functional groups attached to an aromatic ring is 1. The maximum Gasteiger partial charge on any atom is 0.168 e. The minimum absolute atomic E-state index is 0.101. The van der Waals surface area contributed by atoms with E-state index in [2.05, 4.69) is 0 Å². The van der Waals surface area contributed by atoms with Crippen LogP contribution >= 0.6 is 0 Å². The van der Waals surface area contributed by atoms with Gasteiger partial charge in [0.25, 0.3) is 0 Å². The van der Waals surface area contributed by atoms with Gasteiger partial charge in [0.1, 0.15) is 0 Å². The Hall–Kier alpha value is -1.35. The van der Waals surface area contributed by atoms with Crippen LogP contribution in [0.4, 0.5) is 5.69 Å². The monoisotopic (exact) mass is 247 g/mol. The fraction of sp³-hybridized carbons (Fsp3) is 0.533. The van der Waals surface area contributed by atoms with Gasteiger partial charge in [-0.25, -0.2) is 0 Å². The van der Waals surface area contributed by atoms with E-state index >= 15 is 0 Å². The molecule has 3 heteroatoms. The first-order valence-electron chi connectivity index (χ1n) is 6.31. The van der Waals surface area contributed by atoms with Gasteiger partial charge in [-0.1, -0.05) is 0 Å².